The van der Waals surface area contributed by atoms with Crippen molar-refractivity contribution in [2.24, 2.45) is 49.7 Å². The van der Waals surface area contributed by atoms with E-state index in [0.29, 0.717) is 0 Å². The van der Waals surface area contributed by atoms with E-state index in [-0.39, 0.29) is 62.2 Å². The summed E-state index contributed by atoms with van der Waals surface area (Å²) in [6.45, 7) is 18.2. The largest absolute Gasteiger partial charge is 0.361 e. The van der Waals surface area contributed by atoms with E-state index in [0.717, 1.165) is 44.1 Å². The number of nitrogens with zero attached hydrogens (tertiary/aromatic N) is 1. The molecule has 0 amide bonds. The van der Waals surface area contributed by atoms with Crippen molar-refractivity contribution in [2.45, 2.75) is 118 Å². The number of allylic oxidation sites excluding steroid dienone is 3. The second kappa shape index (κ2) is 6.59. The van der Waals surface area contributed by atoms with Crippen LogP contribution in [0.4, 0.5) is 0 Å². The van der Waals surface area contributed by atoms with Gasteiger partial charge in [-0.2, -0.15) is 5.26 Å². The molecule has 0 aromatic rings. The highest BCUT2D eigenvalue weighted by Gasteiger charge is 2.89. The van der Waals surface area contributed by atoms with E-state index in [4.69, 9.17) is 4.74 Å². The standard InChI is InChI=1S/C34H45NO3/c1-9-11-33-19-32-14-13-31(8)30(7)12-10-21-28(4,5)25(37)20(18-35)16-29(21,6)22(30)15-24(36)34(31,38-26(32)33)23(32)17-27(33,2)3/h15-16,21,23,26H,9-14,17,19H2,1-8H3/t21-,23?,26?,29-,30+,31-,32+,33?,34+/m0/s1. The van der Waals surface area contributed by atoms with Gasteiger partial charge < -0.3 is 4.74 Å². The Kier molecular flexibility index (Phi) is 4.38. The van der Waals surface area contributed by atoms with Gasteiger partial charge >= 0.3 is 0 Å². The molecule has 1 heterocycles. The number of hydrogen-bond donors (Lipinski definition) is 0. The van der Waals surface area contributed by atoms with Gasteiger partial charge in [0.2, 0.25) is 0 Å². The lowest BCUT2D eigenvalue weighted by Gasteiger charge is -2.75. The molecule has 0 aromatic carbocycles. The van der Waals surface area contributed by atoms with Gasteiger partial charge in [0.15, 0.2) is 11.6 Å². The molecule has 38 heavy (non-hydrogen) atoms. The lowest BCUT2D eigenvalue weighted by atomic mass is 9.26. The number of rotatable bonds is 2. The van der Waals surface area contributed by atoms with Crippen LogP contribution in [-0.4, -0.2) is 23.3 Å². The van der Waals surface area contributed by atoms with E-state index >= 15 is 0 Å². The number of nitriles is 1. The Morgan fingerprint density at radius 2 is 1.74 bits per heavy atom. The van der Waals surface area contributed by atoms with Gasteiger partial charge in [0.1, 0.15) is 11.7 Å². The number of ketones is 2. The molecular weight excluding hydrogens is 470 g/mol. The van der Waals surface area contributed by atoms with Crippen LogP contribution in [0.3, 0.4) is 0 Å². The summed E-state index contributed by atoms with van der Waals surface area (Å²) in [5, 5.41) is 9.94. The summed E-state index contributed by atoms with van der Waals surface area (Å²) >= 11 is 0. The third-order valence-electron chi connectivity index (χ3n) is 14.8. The van der Waals surface area contributed by atoms with Gasteiger partial charge in [-0.05, 0) is 73.3 Å². The van der Waals surface area contributed by atoms with E-state index in [9.17, 15) is 14.9 Å². The van der Waals surface area contributed by atoms with Crippen molar-refractivity contribution >= 4 is 11.6 Å². The van der Waals surface area contributed by atoms with Crippen molar-refractivity contribution in [3.8, 4) is 6.07 Å². The molecule has 6 fully saturated rings. The van der Waals surface area contributed by atoms with Crippen molar-refractivity contribution in [1.82, 2.24) is 0 Å². The first-order valence-corrected chi connectivity index (χ1v) is 15.2. The van der Waals surface area contributed by atoms with Crippen LogP contribution in [0.1, 0.15) is 107 Å². The highest BCUT2D eigenvalue weighted by Crippen LogP contribution is 2.88. The molecule has 5 bridgehead atoms. The molecule has 0 aromatic heterocycles. The Morgan fingerprint density at radius 3 is 2.39 bits per heavy atom. The van der Waals surface area contributed by atoms with E-state index in [1.807, 2.05) is 26.0 Å². The molecule has 8 aliphatic rings. The minimum atomic E-state index is -0.762. The van der Waals surface area contributed by atoms with Gasteiger partial charge in [-0.25, -0.2) is 0 Å². The molecule has 5 saturated carbocycles. The number of Topliss-reactive ketones (excluding diaryl/α,β-unsaturated/α-hetero) is 1. The third-order valence-corrected chi connectivity index (χ3v) is 14.8. The third kappa shape index (κ3) is 2.14. The summed E-state index contributed by atoms with van der Waals surface area (Å²) in [4.78, 5) is 28.1. The zero-order chi connectivity index (χ0) is 27.5. The van der Waals surface area contributed by atoms with E-state index in [1.54, 1.807) is 0 Å². The Labute approximate surface area is 228 Å². The molecule has 4 nitrogen and oxygen atoms in total. The molecule has 0 radical (unpaired) electrons. The zero-order valence-electron chi connectivity index (χ0n) is 24.7. The maximum atomic E-state index is 14.8. The average Bonchev–Trinajstić information content (AvgIpc) is 2.93. The molecule has 1 saturated heterocycles. The second-order valence-corrected chi connectivity index (χ2v) is 16.4. The lowest BCUT2D eigenvalue weighted by Crippen LogP contribution is -2.75. The first-order chi connectivity index (χ1) is 17.6. The summed E-state index contributed by atoms with van der Waals surface area (Å²) in [6.07, 6.45) is 12.8. The summed E-state index contributed by atoms with van der Waals surface area (Å²) < 4.78 is 7.43. The number of carbonyl (C=O) groups is 2. The van der Waals surface area contributed by atoms with Crippen LogP contribution in [0.2, 0.25) is 0 Å². The fourth-order valence-electron chi connectivity index (χ4n) is 12.8. The van der Waals surface area contributed by atoms with Gasteiger partial charge in [0.05, 0.1) is 11.7 Å². The van der Waals surface area contributed by atoms with Crippen LogP contribution >= 0.6 is 0 Å². The van der Waals surface area contributed by atoms with E-state index in [1.165, 1.54) is 12.8 Å². The summed E-state index contributed by atoms with van der Waals surface area (Å²) in [5.41, 5.74) is -0.515. The van der Waals surface area contributed by atoms with Crippen LogP contribution < -0.4 is 0 Å². The number of ether oxygens (including phenoxy) is 1. The Balaban J connectivity index is 1.44. The highest BCUT2D eigenvalue weighted by atomic mass is 16.5. The summed E-state index contributed by atoms with van der Waals surface area (Å²) in [6, 6.07) is 2.22. The van der Waals surface area contributed by atoms with Crippen LogP contribution in [0.15, 0.2) is 23.3 Å². The average molecular weight is 516 g/mol. The minimum Gasteiger partial charge on any atom is -0.361 e. The predicted octanol–water partition coefficient (Wildman–Crippen LogP) is 7.14. The minimum absolute atomic E-state index is 0.0488. The van der Waals surface area contributed by atoms with Crippen molar-refractivity contribution in [2.75, 3.05) is 0 Å². The van der Waals surface area contributed by atoms with Crippen molar-refractivity contribution in [3.63, 3.8) is 0 Å². The smallest absolute Gasteiger partial charge is 0.188 e. The second-order valence-electron chi connectivity index (χ2n) is 16.4. The van der Waals surface area contributed by atoms with Crippen LogP contribution in [0.5, 0.6) is 0 Å². The van der Waals surface area contributed by atoms with E-state index < -0.39 is 16.4 Å². The number of hydrogen-bond acceptors (Lipinski definition) is 4. The lowest BCUT2D eigenvalue weighted by molar-refractivity contribution is -0.259. The highest BCUT2D eigenvalue weighted by molar-refractivity contribution is 6.05. The molecule has 7 aliphatic carbocycles. The van der Waals surface area contributed by atoms with Crippen LogP contribution in [-0.2, 0) is 14.3 Å². The summed E-state index contributed by atoms with van der Waals surface area (Å²) in [5.74, 6) is 0.474. The molecule has 4 heteroatoms. The fraction of sp³-hybridized carbons (Fsp3) is 0.794. The molecule has 1 aliphatic heterocycles. The van der Waals surface area contributed by atoms with Gasteiger partial charge in [0, 0.05) is 33.0 Å². The van der Waals surface area contributed by atoms with Gasteiger partial charge in [-0.3, -0.25) is 9.59 Å². The first-order valence-electron chi connectivity index (χ1n) is 15.2. The molecule has 3 unspecified atom stereocenters. The summed E-state index contributed by atoms with van der Waals surface area (Å²) in [7, 11) is 0. The molecule has 8 rings (SSSR count). The zero-order valence-corrected chi connectivity index (χ0v) is 24.7. The topological polar surface area (TPSA) is 67.2 Å². The Morgan fingerprint density at radius 1 is 1.03 bits per heavy atom. The monoisotopic (exact) mass is 515 g/mol. The predicted molar refractivity (Wildman–Crippen MR) is 146 cm³/mol. The van der Waals surface area contributed by atoms with Gasteiger partial charge in [-0.15, -0.1) is 0 Å². The fourth-order valence-corrected chi connectivity index (χ4v) is 12.8. The normalized spacial score (nSPS) is 54.4. The molecule has 0 N–H and O–H groups in total. The number of fused-ring (bicyclic) bond motifs is 5. The Bertz CT molecular complexity index is 1310. The van der Waals surface area contributed by atoms with Crippen LogP contribution in [0.25, 0.3) is 0 Å². The van der Waals surface area contributed by atoms with Crippen LogP contribution in [0, 0.1) is 61.1 Å². The number of carbonyl (C=O) groups excluding carboxylic acids is 2. The van der Waals surface area contributed by atoms with Crippen molar-refractivity contribution in [3.05, 3.63) is 23.3 Å². The molecule has 9 atom stereocenters. The molecule has 2 spiro atoms. The Hall–Kier alpha value is -1.73. The van der Waals surface area contributed by atoms with Gasteiger partial charge in [0.25, 0.3) is 0 Å². The van der Waals surface area contributed by atoms with Crippen molar-refractivity contribution < 1.29 is 14.3 Å². The van der Waals surface area contributed by atoms with Crippen molar-refractivity contribution in [1.29, 1.82) is 5.26 Å². The maximum Gasteiger partial charge on any atom is 0.188 e. The van der Waals surface area contributed by atoms with E-state index in [2.05, 4.69) is 47.6 Å². The SMILES string of the molecule is CCCC12C[C@@]34CC[C@@]5(C)[C@]6(C)CC[C@H]7C(C)(C)C(=O)C(C#N)=C[C@]7(C)C6=CC(=O)[C@]5(OC13)C4CC2(C)C. The first kappa shape index (κ1) is 25.3. The molecular formula is C34H45NO3. The van der Waals surface area contributed by atoms with Gasteiger partial charge in [-0.1, -0.05) is 67.9 Å². The quantitative estimate of drug-likeness (QED) is 0.392. The maximum absolute atomic E-state index is 14.8. The molecule has 204 valence electrons.